The lowest BCUT2D eigenvalue weighted by Gasteiger charge is -2.35. The van der Waals surface area contributed by atoms with Gasteiger partial charge in [0.1, 0.15) is 6.04 Å². The normalized spacial score (nSPS) is 22.8. The van der Waals surface area contributed by atoms with Gasteiger partial charge in [0.15, 0.2) is 0 Å². The standard InChI is InChI=1S/C16H20N2S/c1-2-3-14-12-17-10-11-18(14)13-4-6-15(7-5-13)19-16-8-9-16/h4-7,14,16-17H,8-12H2,1H3/t14-/m0/s1. The highest BCUT2D eigenvalue weighted by Crippen LogP contribution is 2.39. The predicted octanol–water partition coefficient (Wildman–Crippen LogP) is 2.74. The molecule has 100 valence electrons. The summed E-state index contributed by atoms with van der Waals surface area (Å²) < 4.78 is 0. The molecule has 1 saturated heterocycles. The summed E-state index contributed by atoms with van der Waals surface area (Å²) in [6.45, 7) is 4.95. The summed E-state index contributed by atoms with van der Waals surface area (Å²) in [5, 5.41) is 4.30. The van der Waals surface area contributed by atoms with Crippen LogP contribution in [-0.4, -0.2) is 30.9 Å². The van der Waals surface area contributed by atoms with Crippen molar-refractivity contribution in [2.45, 2.75) is 36.0 Å². The van der Waals surface area contributed by atoms with Crippen LogP contribution in [0.2, 0.25) is 0 Å². The van der Waals surface area contributed by atoms with E-state index in [1.165, 1.54) is 23.4 Å². The van der Waals surface area contributed by atoms with E-state index in [-0.39, 0.29) is 0 Å². The summed E-state index contributed by atoms with van der Waals surface area (Å²) in [6.07, 6.45) is 2.77. The van der Waals surface area contributed by atoms with Crippen LogP contribution in [0.3, 0.4) is 0 Å². The van der Waals surface area contributed by atoms with Crippen molar-refractivity contribution in [3.8, 4) is 11.8 Å². The number of hydrogen-bond acceptors (Lipinski definition) is 3. The van der Waals surface area contributed by atoms with Crippen LogP contribution < -0.4 is 10.2 Å². The quantitative estimate of drug-likeness (QED) is 0.852. The van der Waals surface area contributed by atoms with E-state index in [0.29, 0.717) is 6.04 Å². The van der Waals surface area contributed by atoms with Crippen molar-refractivity contribution in [1.82, 2.24) is 5.32 Å². The summed E-state index contributed by atoms with van der Waals surface area (Å²) in [4.78, 5) is 3.82. The molecule has 2 nitrogen and oxygen atoms in total. The van der Waals surface area contributed by atoms with Crippen molar-refractivity contribution in [2.24, 2.45) is 0 Å². The molecule has 1 heterocycles. The van der Waals surface area contributed by atoms with E-state index in [2.05, 4.69) is 46.3 Å². The van der Waals surface area contributed by atoms with Crippen LogP contribution in [0.1, 0.15) is 19.8 Å². The number of anilines is 1. The number of nitrogens with one attached hydrogen (secondary N) is 1. The smallest absolute Gasteiger partial charge is 0.103 e. The zero-order chi connectivity index (χ0) is 13.1. The highest BCUT2D eigenvalue weighted by Gasteiger charge is 2.23. The van der Waals surface area contributed by atoms with E-state index < -0.39 is 0 Å². The van der Waals surface area contributed by atoms with Crippen molar-refractivity contribution < 1.29 is 0 Å². The molecule has 1 aliphatic heterocycles. The summed E-state index contributed by atoms with van der Waals surface area (Å²) in [5.74, 6) is 6.35. The first-order chi connectivity index (χ1) is 9.36. The van der Waals surface area contributed by atoms with Crippen molar-refractivity contribution in [3.05, 3.63) is 24.3 Å². The first kappa shape index (κ1) is 12.9. The third-order valence-electron chi connectivity index (χ3n) is 3.55. The Morgan fingerprint density at radius 3 is 2.74 bits per heavy atom. The van der Waals surface area contributed by atoms with Gasteiger partial charge in [0.05, 0.1) is 0 Å². The Kier molecular flexibility index (Phi) is 4.00. The van der Waals surface area contributed by atoms with E-state index in [1.807, 2.05) is 18.7 Å². The van der Waals surface area contributed by atoms with Crippen LogP contribution in [-0.2, 0) is 0 Å². The highest BCUT2D eigenvalue weighted by atomic mass is 32.2. The molecule has 2 fully saturated rings. The molecular weight excluding hydrogens is 252 g/mol. The maximum Gasteiger partial charge on any atom is 0.103 e. The van der Waals surface area contributed by atoms with Gasteiger partial charge < -0.3 is 10.2 Å². The van der Waals surface area contributed by atoms with E-state index in [1.54, 1.807) is 0 Å². The van der Waals surface area contributed by atoms with Gasteiger partial charge in [0.25, 0.3) is 0 Å². The topological polar surface area (TPSA) is 15.3 Å². The molecular formula is C16H20N2S. The van der Waals surface area contributed by atoms with Crippen molar-refractivity contribution in [1.29, 1.82) is 0 Å². The number of rotatable bonds is 3. The maximum atomic E-state index is 3.42. The summed E-state index contributed by atoms with van der Waals surface area (Å²) in [5.41, 5.74) is 1.30. The van der Waals surface area contributed by atoms with E-state index in [9.17, 15) is 0 Å². The molecule has 1 N–H and O–H groups in total. The van der Waals surface area contributed by atoms with Crippen molar-refractivity contribution in [3.63, 3.8) is 0 Å². The first-order valence-electron chi connectivity index (χ1n) is 7.03. The van der Waals surface area contributed by atoms with Gasteiger partial charge >= 0.3 is 0 Å². The fourth-order valence-electron chi connectivity index (χ4n) is 2.40. The third-order valence-corrected chi connectivity index (χ3v) is 4.90. The van der Waals surface area contributed by atoms with Gasteiger partial charge in [-0.1, -0.05) is 5.92 Å². The third kappa shape index (κ3) is 3.26. The van der Waals surface area contributed by atoms with Crippen molar-refractivity contribution >= 4 is 17.4 Å². The minimum Gasteiger partial charge on any atom is -0.355 e. The Labute approximate surface area is 120 Å². The zero-order valence-electron chi connectivity index (χ0n) is 11.4. The number of benzene rings is 1. The van der Waals surface area contributed by atoms with Crippen molar-refractivity contribution in [2.75, 3.05) is 24.5 Å². The van der Waals surface area contributed by atoms with E-state index >= 15 is 0 Å². The summed E-state index contributed by atoms with van der Waals surface area (Å²) in [6, 6.07) is 9.33. The Morgan fingerprint density at radius 1 is 1.26 bits per heavy atom. The SMILES string of the molecule is CC#C[C@H]1CNCCN1c1ccc(SC2CC2)cc1. The molecule has 0 amide bonds. The molecule has 3 heteroatoms. The lowest BCUT2D eigenvalue weighted by molar-refractivity contribution is 0.538. The molecule has 0 bridgehead atoms. The number of piperazine rings is 1. The lowest BCUT2D eigenvalue weighted by atomic mass is 10.1. The van der Waals surface area contributed by atoms with Gasteiger partial charge in [-0.05, 0) is 44.0 Å². The fraction of sp³-hybridized carbons (Fsp3) is 0.500. The van der Waals surface area contributed by atoms with Crippen LogP contribution in [0.15, 0.2) is 29.2 Å². The van der Waals surface area contributed by atoms with E-state index in [0.717, 1.165) is 24.9 Å². The second-order valence-corrected chi connectivity index (χ2v) is 6.49. The van der Waals surface area contributed by atoms with Gasteiger partial charge in [-0.3, -0.25) is 0 Å². The number of nitrogens with zero attached hydrogens (tertiary/aromatic N) is 1. The van der Waals surface area contributed by atoms with Crippen LogP contribution in [0, 0.1) is 11.8 Å². The second kappa shape index (κ2) is 5.90. The molecule has 19 heavy (non-hydrogen) atoms. The molecule has 0 aromatic heterocycles. The largest absolute Gasteiger partial charge is 0.355 e. The van der Waals surface area contributed by atoms with E-state index in [4.69, 9.17) is 0 Å². The van der Waals surface area contributed by atoms with Gasteiger partial charge in [-0.15, -0.1) is 17.7 Å². The molecule has 1 aromatic carbocycles. The molecule has 2 aliphatic rings. The molecule has 3 rings (SSSR count). The second-order valence-electron chi connectivity index (χ2n) is 5.12. The Hall–Kier alpha value is -1.11. The molecule has 1 atom stereocenters. The van der Waals surface area contributed by atoms with Gasteiger partial charge in [0, 0.05) is 35.5 Å². The summed E-state index contributed by atoms with van der Waals surface area (Å²) in [7, 11) is 0. The number of thioether (sulfide) groups is 1. The Morgan fingerprint density at radius 2 is 2.05 bits per heavy atom. The fourth-order valence-corrected chi connectivity index (χ4v) is 3.45. The lowest BCUT2D eigenvalue weighted by Crippen LogP contribution is -2.50. The van der Waals surface area contributed by atoms with Gasteiger partial charge in [-0.2, -0.15) is 0 Å². The molecule has 1 saturated carbocycles. The molecule has 0 unspecified atom stereocenters. The zero-order valence-corrected chi connectivity index (χ0v) is 12.2. The minimum atomic E-state index is 0.306. The summed E-state index contributed by atoms with van der Waals surface area (Å²) >= 11 is 2.02. The molecule has 0 radical (unpaired) electrons. The van der Waals surface area contributed by atoms with Crippen LogP contribution in [0.25, 0.3) is 0 Å². The Balaban J connectivity index is 1.72. The average molecular weight is 272 g/mol. The average Bonchev–Trinajstić information content (AvgIpc) is 3.25. The first-order valence-corrected chi connectivity index (χ1v) is 7.91. The minimum absolute atomic E-state index is 0.306. The Bertz CT molecular complexity index is 482. The van der Waals surface area contributed by atoms with Crippen LogP contribution in [0.5, 0.6) is 0 Å². The van der Waals surface area contributed by atoms with Gasteiger partial charge in [0.2, 0.25) is 0 Å². The monoisotopic (exact) mass is 272 g/mol. The molecule has 1 aliphatic carbocycles. The number of hydrogen-bond donors (Lipinski definition) is 1. The van der Waals surface area contributed by atoms with Crippen LogP contribution >= 0.6 is 11.8 Å². The van der Waals surface area contributed by atoms with Gasteiger partial charge in [-0.25, -0.2) is 0 Å². The predicted molar refractivity (Wildman–Crippen MR) is 82.8 cm³/mol. The highest BCUT2D eigenvalue weighted by molar-refractivity contribution is 8.00. The molecule has 0 spiro atoms. The molecule has 1 aromatic rings. The van der Waals surface area contributed by atoms with Crippen LogP contribution in [0.4, 0.5) is 5.69 Å². The maximum absolute atomic E-state index is 3.42.